The minimum atomic E-state index is -0.464. The summed E-state index contributed by atoms with van der Waals surface area (Å²) in [5.41, 5.74) is 2.01. The van der Waals surface area contributed by atoms with Gasteiger partial charge in [0.2, 0.25) is 0 Å². The first-order valence-corrected chi connectivity index (χ1v) is 10.3. The van der Waals surface area contributed by atoms with E-state index in [2.05, 4.69) is 18.2 Å². The van der Waals surface area contributed by atoms with Gasteiger partial charge in [-0.05, 0) is 52.2 Å². The molecule has 0 aromatic heterocycles. The number of methoxy groups -OCH3 is 1. The summed E-state index contributed by atoms with van der Waals surface area (Å²) in [7, 11) is 1.52. The number of hydrogen-bond acceptors (Lipinski definition) is 3. The van der Waals surface area contributed by atoms with Crippen LogP contribution in [0.15, 0.2) is 78.9 Å². The van der Waals surface area contributed by atoms with Crippen molar-refractivity contribution < 1.29 is 13.9 Å². The highest BCUT2D eigenvalue weighted by atomic mass is 35.5. The van der Waals surface area contributed by atoms with Gasteiger partial charge >= 0.3 is 0 Å². The largest absolute Gasteiger partial charge is 0.493 e. The maximum Gasteiger partial charge on any atom is 0.180 e. The number of halogens is 2. The van der Waals surface area contributed by atoms with Gasteiger partial charge in [-0.1, -0.05) is 66.2 Å². The summed E-state index contributed by atoms with van der Waals surface area (Å²) in [6, 6.07) is 25.8. The fourth-order valence-electron chi connectivity index (χ4n) is 3.46. The van der Waals surface area contributed by atoms with Crippen LogP contribution in [0.4, 0.5) is 4.39 Å². The minimum absolute atomic E-state index is 0.186. The molecule has 0 radical (unpaired) electrons. The van der Waals surface area contributed by atoms with E-state index >= 15 is 0 Å². The maximum absolute atomic E-state index is 14.1. The number of nitriles is 1. The van der Waals surface area contributed by atoms with E-state index in [1.807, 2.05) is 30.3 Å². The first-order valence-electron chi connectivity index (χ1n) is 9.94. The SMILES string of the molecule is COc1cc(/C=C(/C#N)c2ccccc2F)cc(Cl)c1OCc1ccc2ccccc2c1. The number of ether oxygens (including phenoxy) is 2. The molecule has 0 saturated heterocycles. The maximum atomic E-state index is 14.1. The van der Waals surface area contributed by atoms with Gasteiger partial charge in [0.25, 0.3) is 0 Å². The Labute approximate surface area is 190 Å². The average Bonchev–Trinajstić information content (AvgIpc) is 2.82. The van der Waals surface area contributed by atoms with Crippen molar-refractivity contribution in [2.75, 3.05) is 7.11 Å². The lowest BCUT2D eigenvalue weighted by Gasteiger charge is -2.14. The summed E-state index contributed by atoms with van der Waals surface area (Å²) in [6.45, 7) is 0.314. The minimum Gasteiger partial charge on any atom is -0.493 e. The van der Waals surface area contributed by atoms with Gasteiger partial charge in [0.05, 0.1) is 23.8 Å². The molecule has 0 saturated carbocycles. The molecule has 4 aromatic carbocycles. The molecular formula is C27H19ClFNO2. The number of hydrogen-bond donors (Lipinski definition) is 0. The van der Waals surface area contributed by atoms with E-state index in [4.69, 9.17) is 21.1 Å². The quantitative estimate of drug-likeness (QED) is 0.232. The van der Waals surface area contributed by atoms with Crippen LogP contribution in [0.25, 0.3) is 22.4 Å². The second-order valence-corrected chi connectivity index (χ2v) is 7.56. The third kappa shape index (κ3) is 4.59. The number of allylic oxidation sites excluding steroid dienone is 1. The molecule has 4 rings (SSSR count). The number of nitrogens with zero attached hydrogens (tertiary/aromatic N) is 1. The molecule has 0 fully saturated rings. The molecule has 4 aromatic rings. The number of benzene rings is 4. The standard InChI is InChI=1S/C27H19ClFNO2/c1-31-26-15-19(13-22(16-30)23-8-4-5-9-25(23)29)14-24(28)27(26)32-17-18-10-11-20-6-2-3-7-21(20)12-18/h2-15H,17H2,1H3/b22-13-. The van der Waals surface area contributed by atoms with Crippen LogP contribution in [0.1, 0.15) is 16.7 Å². The first kappa shape index (κ1) is 21.4. The van der Waals surface area contributed by atoms with Crippen molar-refractivity contribution in [1.29, 1.82) is 5.26 Å². The Hall–Kier alpha value is -3.81. The van der Waals surface area contributed by atoms with Gasteiger partial charge in [-0.2, -0.15) is 5.26 Å². The Balaban J connectivity index is 1.61. The van der Waals surface area contributed by atoms with Crippen LogP contribution < -0.4 is 9.47 Å². The molecule has 0 amide bonds. The van der Waals surface area contributed by atoms with Gasteiger partial charge in [0.15, 0.2) is 11.5 Å². The normalized spacial score (nSPS) is 11.2. The molecule has 32 heavy (non-hydrogen) atoms. The summed E-state index contributed by atoms with van der Waals surface area (Å²) in [5, 5.41) is 12.2. The average molecular weight is 444 g/mol. The molecule has 0 aliphatic heterocycles. The van der Waals surface area contributed by atoms with E-state index in [0.717, 1.165) is 16.3 Å². The summed E-state index contributed by atoms with van der Waals surface area (Å²) in [5.74, 6) is 0.368. The van der Waals surface area contributed by atoms with Crippen molar-refractivity contribution >= 4 is 34.0 Å². The zero-order valence-electron chi connectivity index (χ0n) is 17.3. The first-order chi connectivity index (χ1) is 15.6. The fraction of sp³-hybridized carbons (Fsp3) is 0.0741. The Bertz CT molecular complexity index is 1360. The van der Waals surface area contributed by atoms with Crippen molar-refractivity contribution in [3.05, 3.63) is 106 Å². The Morgan fingerprint density at radius 3 is 2.50 bits per heavy atom. The van der Waals surface area contributed by atoms with Crippen molar-refractivity contribution in [1.82, 2.24) is 0 Å². The van der Waals surface area contributed by atoms with E-state index in [0.29, 0.717) is 28.7 Å². The molecule has 0 heterocycles. The van der Waals surface area contributed by atoms with Crippen molar-refractivity contribution in [2.45, 2.75) is 6.61 Å². The molecule has 5 heteroatoms. The lowest BCUT2D eigenvalue weighted by molar-refractivity contribution is 0.285. The molecule has 0 spiro atoms. The topological polar surface area (TPSA) is 42.2 Å². The lowest BCUT2D eigenvalue weighted by Crippen LogP contribution is -1.99. The number of fused-ring (bicyclic) bond motifs is 1. The Morgan fingerprint density at radius 2 is 1.75 bits per heavy atom. The summed E-state index contributed by atoms with van der Waals surface area (Å²) in [4.78, 5) is 0. The molecule has 0 N–H and O–H groups in total. The molecular weight excluding hydrogens is 425 g/mol. The molecule has 0 unspecified atom stereocenters. The van der Waals surface area contributed by atoms with Crippen molar-refractivity contribution in [2.24, 2.45) is 0 Å². The van der Waals surface area contributed by atoms with E-state index in [1.54, 1.807) is 36.4 Å². The highest BCUT2D eigenvalue weighted by Gasteiger charge is 2.14. The van der Waals surface area contributed by atoms with Gasteiger partial charge in [0, 0.05) is 5.56 Å². The zero-order chi connectivity index (χ0) is 22.5. The van der Waals surface area contributed by atoms with Crippen LogP contribution >= 0.6 is 11.6 Å². The van der Waals surface area contributed by atoms with Crippen LogP contribution in [-0.2, 0) is 6.61 Å². The Kier molecular flexibility index (Phi) is 6.39. The van der Waals surface area contributed by atoms with Gasteiger partial charge < -0.3 is 9.47 Å². The van der Waals surface area contributed by atoms with Crippen molar-refractivity contribution in [3.63, 3.8) is 0 Å². The Morgan fingerprint density at radius 1 is 1.00 bits per heavy atom. The van der Waals surface area contributed by atoms with Gasteiger partial charge in [-0.3, -0.25) is 0 Å². The second-order valence-electron chi connectivity index (χ2n) is 7.15. The van der Waals surface area contributed by atoms with Crippen LogP contribution in [-0.4, -0.2) is 7.11 Å². The summed E-state index contributed by atoms with van der Waals surface area (Å²) < 4.78 is 25.6. The summed E-state index contributed by atoms with van der Waals surface area (Å²) in [6.07, 6.45) is 1.57. The molecule has 0 atom stereocenters. The van der Waals surface area contributed by atoms with Gasteiger partial charge in [-0.25, -0.2) is 4.39 Å². The monoisotopic (exact) mass is 443 g/mol. The molecule has 0 aliphatic rings. The lowest BCUT2D eigenvalue weighted by atomic mass is 10.0. The highest BCUT2D eigenvalue weighted by molar-refractivity contribution is 6.32. The molecule has 158 valence electrons. The van der Waals surface area contributed by atoms with Crippen LogP contribution in [0, 0.1) is 17.1 Å². The second kappa shape index (κ2) is 9.55. The fourth-order valence-corrected chi connectivity index (χ4v) is 3.74. The van der Waals surface area contributed by atoms with Gasteiger partial charge in [-0.15, -0.1) is 0 Å². The van der Waals surface area contributed by atoms with Crippen LogP contribution in [0.5, 0.6) is 11.5 Å². The third-order valence-corrected chi connectivity index (χ3v) is 5.33. The smallest absolute Gasteiger partial charge is 0.180 e. The van der Waals surface area contributed by atoms with E-state index in [1.165, 1.54) is 13.2 Å². The van der Waals surface area contributed by atoms with Crippen LogP contribution in [0.3, 0.4) is 0 Å². The number of rotatable bonds is 6. The van der Waals surface area contributed by atoms with E-state index < -0.39 is 5.82 Å². The molecule has 0 bridgehead atoms. The van der Waals surface area contributed by atoms with Gasteiger partial charge in [0.1, 0.15) is 12.4 Å². The highest BCUT2D eigenvalue weighted by Crippen LogP contribution is 2.38. The molecule has 0 aliphatic carbocycles. The molecule has 3 nitrogen and oxygen atoms in total. The van der Waals surface area contributed by atoms with Crippen molar-refractivity contribution in [3.8, 4) is 17.6 Å². The zero-order valence-corrected chi connectivity index (χ0v) is 18.1. The van der Waals surface area contributed by atoms with E-state index in [9.17, 15) is 9.65 Å². The summed E-state index contributed by atoms with van der Waals surface area (Å²) >= 11 is 6.49. The predicted octanol–water partition coefficient (Wildman–Crippen LogP) is 7.28. The van der Waals surface area contributed by atoms with Crippen LogP contribution in [0.2, 0.25) is 5.02 Å². The van der Waals surface area contributed by atoms with E-state index in [-0.39, 0.29) is 11.1 Å². The predicted molar refractivity (Wildman–Crippen MR) is 126 cm³/mol. The third-order valence-electron chi connectivity index (χ3n) is 5.04.